The largest absolute Gasteiger partial charge is 0.367 e. The Morgan fingerprint density at radius 2 is 2.00 bits per heavy atom. The van der Waals surface area contributed by atoms with E-state index >= 15 is 0 Å². The van der Waals surface area contributed by atoms with E-state index in [1.807, 2.05) is 25.1 Å². The molecule has 0 bridgehead atoms. The van der Waals surface area contributed by atoms with Crippen molar-refractivity contribution in [3.05, 3.63) is 30.3 Å². The molecule has 94 valence electrons. The van der Waals surface area contributed by atoms with E-state index in [0.29, 0.717) is 13.0 Å². The third-order valence-corrected chi connectivity index (χ3v) is 2.50. The fourth-order valence-corrected chi connectivity index (χ4v) is 1.56. The van der Waals surface area contributed by atoms with E-state index < -0.39 is 12.2 Å². The van der Waals surface area contributed by atoms with Gasteiger partial charge >= 0.3 is 0 Å². The van der Waals surface area contributed by atoms with E-state index in [2.05, 4.69) is 5.32 Å². The lowest BCUT2D eigenvalue weighted by molar-refractivity contribution is -0.151. The number of hydrogen-bond acceptors (Lipinski definition) is 3. The maximum atomic E-state index is 11.9. The number of hydrogen-bond donors (Lipinski definition) is 2. The highest BCUT2D eigenvalue weighted by molar-refractivity contribution is 5.92. The van der Waals surface area contributed by atoms with Crippen LogP contribution in [-0.2, 0) is 9.53 Å². The smallest absolute Gasteiger partial charge is 0.232 e. The van der Waals surface area contributed by atoms with Crippen LogP contribution in [0.4, 0.5) is 5.69 Å². The molecule has 2 atom stereocenters. The van der Waals surface area contributed by atoms with Crippen molar-refractivity contribution < 1.29 is 14.6 Å². The van der Waals surface area contributed by atoms with Crippen LogP contribution in [0.2, 0.25) is 0 Å². The number of anilines is 1. The van der Waals surface area contributed by atoms with Crippen LogP contribution < -0.4 is 5.32 Å². The monoisotopic (exact) mass is 237 g/mol. The second-order valence-corrected chi connectivity index (χ2v) is 3.72. The zero-order valence-electron chi connectivity index (χ0n) is 10.2. The van der Waals surface area contributed by atoms with Crippen LogP contribution >= 0.6 is 0 Å². The highest BCUT2D eigenvalue weighted by Crippen LogP contribution is 2.14. The lowest BCUT2D eigenvalue weighted by atomic mass is 10.1. The van der Waals surface area contributed by atoms with Crippen LogP contribution in [0.25, 0.3) is 0 Å². The van der Waals surface area contributed by atoms with Gasteiger partial charge in [0.15, 0.2) is 6.29 Å². The van der Waals surface area contributed by atoms with E-state index in [1.165, 1.54) is 0 Å². The number of carbonyl (C=O) groups is 1. The molecular formula is C13H19NO3. The standard InChI is InChI=1S/C13H19NO3/c1-3-11(13(16)17-4-2)12(15)14-10-8-6-5-7-9-10/h5-9,11,13,16H,3-4H2,1-2H3,(H,14,15)/t11-,13+/m0/s1. The molecule has 1 amide bonds. The minimum absolute atomic E-state index is 0.223. The summed E-state index contributed by atoms with van der Waals surface area (Å²) in [7, 11) is 0. The molecule has 17 heavy (non-hydrogen) atoms. The number of ether oxygens (including phenoxy) is 1. The molecule has 0 heterocycles. The summed E-state index contributed by atoms with van der Waals surface area (Å²) in [5.74, 6) is -0.769. The zero-order valence-corrected chi connectivity index (χ0v) is 10.2. The van der Waals surface area contributed by atoms with Gasteiger partial charge in [0.05, 0.1) is 5.92 Å². The van der Waals surface area contributed by atoms with Gasteiger partial charge in [0.2, 0.25) is 5.91 Å². The molecule has 0 spiro atoms. The molecule has 0 aromatic heterocycles. The molecule has 2 N–H and O–H groups in total. The predicted molar refractivity (Wildman–Crippen MR) is 66.5 cm³/mol. The van der Waals surface area contributed by atoms with Gasteiger partial charge in [-0.25, -0.2) is 0 Å². The molecule has 1 rings (SSSR count). The van der Waals surface area contributed by atoms with Crippen LogP contribution in [0.5, 0.6) is 0 Å². The van der Waals surface area contributed by atoms with E-state index in [9.17, 15) is 9.90 Å². The number of carbonyl (C=O) groups excluding carboxylic acids is 1. The first-order valence-corrected chi connectivity index (χ1v) is 5.84. The van der Waals surface area contributed by atoms with Crippen LogP contribution in [0.1, 0.15) is 20.3 Å². The van der Waals surface area contributed by atoms with Crippen molar-refractivity contribution in [1.82, 2.24) is 0 Å². The van der Waals surface area contributed by atoms with Gasteiger partial charge in [0.1, 0.15) is 0 Å². The summed E-state index contributed by atoms with van der Waals surface area (Å²) >= 11 is 0. The fourth-order valence-electron chi connectivity index (χ4n) is 1.56. The number of aliphatic hydroxyl groups excluding tert-OH is 1. The van der Waals surface area contributed by atoms with Gasteiger partial charge in [0, 0.05) is 12.3 Å². The summed E-state index contributed by atoms with van der Waals surface area (Å²) in [5, 5.41) is 12.4. The zero-order chi connectivity index (χ0) is 12.7. The summed E-state index contributed by atoms with van der Waals surface area (Å²) in [6.45, 7) is 4.01. The Labute approximate surface area is 102 Å². The van der Waals surface area contributed by atoms with Crippen molar-refractivity contribution in [2.75, 3.05) is 11.9 Å². The Balaban J connectivity index is 2.61. The Kier molecular flexibility index (Phi) is 5.66. The van der Waals surface area contributed by atoms with Crippen LogP contribution in [0.15, 0.2) is 30.3 Å². The van der Waals surface area contributed by atoms with Gasteiger partial charge in [-0.15, -0.1) is 0 Å². The van der Waals surface area contributed by atoms with Gasteiger partial charge in [-0.2, -0.15) is 0 Å². The van der Waals surface area contributed by atoms with E-state index in [0.717, 1.165) is 5.69 Å². The Hall–Kier alpha value is -1.39. The van der Waals surface area contributed by atoms with Crippen LogP contribution in [-0.4, -0.2) is 23.9 Å². The summed E-state index contributed by atoms with van der Waals surface area (Å²) in [6, 6.07) is 9.17. The Morgan fingerprint density at radius 1 is 1.35 bits per heavy atom. The van der Waals surface area contributed by atoms with Crippen molar-refractivity contribution >= 4 is 11.6 Å². The first-order chi connectivity index (χ1) is 8.19. The summed E-state index contributed by atoms with van der Waals surface area (Å²) in [4.78, 5) is 11.9. The fraction of sp³-hybridized carbons (Fsp3) is 0.462. The summed E-state index contributed by atoms with van der Waals surface area (Å²) in [6.07, 6.45) is -0.520. The highest BCUT2D eigenvalue weighted by Gasteiger charge is 2.25. The molecule has 0 aliphatic rings. The third-order valence-electron chi connectivity index (χ3n) is 2.50. The van der Waals surface area contributed by atoms with Crippen LogP contribution in [0.3, 0.4) is 0 Å². The van der Waals surface area contributed by atoms with Crippen molar-refractivity contribution in [2.24, 2.45) is 5.92 Å². The van der Waals surface area contributed by atoms with E-state index in [-0.39, 0.29) is 5.91 Å². The number of amides is 1. The van der Waals surface area contributed by atoms with Gasteiger partial charge in [-0.05, 0) is 25.5 Å². The quantitative estimate of drug-likeness (QED) is 0.744. The molecule has 1 aromatic carbocycles. The van der Waals surface area contributed by atoms with Crippen molar-refractivity contribution in [3.8, 4) is 0 Å². The number of rotatable bonds is 6. The number of aliphatic hydroxyl groups is 1. The second-order valence-electron chi connectivity index (χ2n) is 3.72. The molecule has 4 nitrogen and oxygen atoms in total. The van der Waals surface area contributed by atoms with Gasteiger partial charge in [0.25, 0.3) is 0 Å². The van der Waals surface area contributed by atoms with E-state index in [1.54, 1.807) is 19.1 Å². The molecule has 0 radical (unpaired) electrons. The van der Waals surface area contributed by atoms with Crippen molar-refractivity contribution in [1.29, 1.82) is 0 Å². The molecule has 0 aliphatic carbocycles. The van der Waals surface area contributed by atoms with Gasteiger partial charge in [-0.3, -0.25) is 4.79 Å². The molecule has 0 unspecified atom stereocenters. The van der Waals surface area contributed by atoms with Gasteiger partial charge < -0.3 is 15.2 Å². The number of para-hydroxylation sites is 1. The average Bonchev–Trinajstić information content (AvgIpc) is 2.31. The third kappa shape index (κ3) is 4.17. The highest BCUT2D eigenvalue weighted by atomic mass is 16.6. The van der Waals surface area contributed by atoms with Crippen LogP contribution in [0, 0.1) is 5.92 Å². The first kappa shape index (κ1) is 13.7. The molecule has 0 aliphatic heterocycles. The lowest BCUT2D eigenvalue weighted by Crippen LogP contribution is -2.34. The van der Waals surface area contributed by atoms with E-state index in [4.69, 9.17) is 4.74 Å². The first-order valence-electron chi connectivity index (χ1n) is 5.84. The number of nitrogens with one attached hydrogen (secondary N) is 1. The summed E-state index contributed by atoms with van der Waals surface area (Å²) in [5.41, 5.74) is 0.722. The molecule has 0 saturated heterocycles. The van der Waals surface area contributed by atoms with Crippen molar-refractivity contribution in [3.63, 3.8) is 0 Å². The average molecular weight is 237 g/mol. The number of benzene rings is 1. The predicted octanol–water partition coefficient (Wildman–Crippen LogP) is 2.01. The molecule has 0 saturated carbocycles. The molecular weight excluding hydrogens is 218 g/mol. The van der Waals surface area contributed by atoms with Gasteiger partial charge in [-0.1, -0.05) is 25.1 Å². The maximum Gasteiger partial charge on any atom is 0.232 e. The Morgan fingerprint density at radius 3 is 2.53 bits per heavy atom. The normalized spacial score (nSPS) is 14.1. The summed E-state index contributed by atoms with van der Waals surface area (Å²) < 4.78 is 5.05. The molecule has 1 aromatic rings. The SMILES string of the molecule is CCO[C@@H](O)[C@@H](CC)C(=O)Nc1ccccc1. The molecule has 0 fully saturated rings. The Bertz CT molecular complexity index is 340. The lowest BCUT2D eigenvalue weighted by Gasteiger charge is -2.20. The minimum Gasteiger partial charge on any atom is -0.367 e. The maximum absolute atomic E-state index is 11.9. The molecule has 4 heteroatoms. The topological polar surface area (TPSA) is 58.6 Å². The van der Waals surface area contributed by atoms with Crippen molar-refractivity contribution in [2.45, 2.75) is 26.6 Å². The minimum atomic E-state index is -1.05. The second kappa shape index (κ2) is 7.04.